The van der Waals surface area contributed by atoms with Crippen LogP contribution in [0.15, 0.2) is 35.2 Å². The lowest BCUT2D eigenvalue weighted by Crippen LogP contribution is -2.42. The van der Waals surface area contributed by atoms with E-state index in [1.54, 1.807) is 45.9 Å². The summed E-state index contributed by atoms with van der Waals surface area (Å²) in [6.07, 6.45) is 1.03. The van der Waals surface area contributed by atoms with Gasteiger partial charge in [0, 0.05) is 39.9 Å². The Balaban J connectivity index is 0.000000569. The molecule has 0 N–H and O–H groups in total. The van der Waals surface area contributed by atoms with E-state index in [1.165, 1.54) is 27.8 Å². The molecule has 1 aromatic carbocycles. The zero-order valence-electron chi connectivity index (χ0n) is 36.9. The molecule has 0 aromatic heterocycles. The fraction of sp³-hybridized carbons (Fsp3) is 0.789. The van der Waals surface area contributed by atoms with Gasteiger partial charge in [-0.25, -0.2) is 26.2 Å². The third kappa shape index (κ3) is 17.4. The lowest BCUT2D eigenvalue weighted by Gasteiger charge is -2.39. The average Bonchev–Trinajstić information content (AvgIpc) is 3.58. The largest absolute Gasteiger partial charge is 0.321 e. The summed E-state index contributed by atoms with van der Waals surface area (Å²) in [4.78, 5) is 0.336. The van der Waals surface area contributed by atoms with Crippen molar-refractivity contribution in [2.75, 3.05) is 25.2 Å². The van der Waals surface area contributed by atoms with Crippen molar-refractivity contribution in [2.24, 2.45) is 0 Å². The summed E-state index contributed by atoms with van der Waals surface area (Å²) < 4.78 is 78.5. The van der Waals surface area contributed by atoms with Crippen LogP contribution in [0, 0.1) is 22.7 Å². The highest BCUT2D eigenvalue weighted by molar-refractivity contribution is 8.79. The Labute approximate surface area is 370 Å². The van der Waals surface area contributed by atoms with Gasteiger partial charge in [0.05, 0.1) is 60.2 Å². The van der Waals surface area contributed by atoms with Gasteiger partial charge in [-0.2, -0.15) is 10.5 Å². The first kappa shape index (κ1) is 56.1. The highest BCUT2D eigenvalue weighted by Crippen LogP contribution is 2.60. The molecule has 0 aliphatic carbocycles. The van der Waals surface area contributed by atoms with E-state index in [2.05, 4.69) is 90.7 Å². The minimum absolute atomic E-state index is 0.00744. The predicted octanol–water partition coefficient (Wildman–Crippen LogP) is 10.9. The van der Waals surface area contributed by atoms with E-state index in [0.717, 1.165) is 0 Å². The maximum absolute atomic E-state index is 13.0. The molecule has 3 rings (SSSR count). The summed E-state index contributed by atoms with van der Waals surface area (Å²) in [5.74, 6) is 0.00744. The summed E-state index contributed by atoms with van der Waals surface area (Å²) in [6.45, 7) is 29.3. The number of benzene rings is 1. The van der Waals surface area contributed by atoms with Crippen molar-refractivity contribution in [3.05, 3.63) is 30.3 Å². The van der Waals surface area contributed by atoms with Crippen LogP contribution >= 0.6 is 60.2 Å². The molecule has 0 radical (unpaired) electrons. The summed E-state index contributed by atoms with van der Waals surface area (Å²) in [5.41, 5.74) is 0. The van der Waals surface area contributed by atoms with Crippen LogP contribution in [0.1, 0.15) is 110 Å². The third-order valence-electron chi connectivity index (χ3n) is 8.34. The molecular weight excluding hydrogens is 895 g/mol. The van der Waals surface area contributed by atoms with Gasteiger partial charge in [0.25, 0.3) is 17.1 Å². The van der Waals surface area contributed by atoms with Gasteiger partial charge in [-0.1, -0.05) is 75.2 Å². The summed E-state index contributed by atoms with van der Waals surface area (Å²) >= 11 is 0. The summed E-state index contributed by atoms with van der Waals surface area (Å²) in [5, 5.41) is 17.5. The first-order chi connectivity index (χ1) is 26.9. The minimum Gasteiger partial charge on any atom is -0.321 e. The lowest BCUT2D eigenvalue weighted by atomic mass is 10.0. The van der Waals surface area contributed by atoms with Crippen LogP contribution in [0.4, 0.5) is 0 Å². The summed E-state index contributed by atoms with van der Waals surface area (Å²) in [7, 11) is -3.49. The second kappa shape index (κ2) is 26.0. The van der Waals surface area contributed by atoms with Gasteiger partial charge in [-0.3, -0.25) is 0 Å². The first-order valence-electron chi connectivity index (χ1n) is 19.6. The van der Waals surface area contributed by atoms with E-state index in [0.29, 0.717) is 11.5 Å². The number of hydrogen-bond donors (Lipinski definition) is 0. The van der Waals surface area contributed by atoms with Crippen molar-refractivity contribution in [1.82, 2.24) is 9.34 Å². The molecule has 0 amide bonds. The summed E-state index contributed by atoms with van der Waals surface area (Å²) in [6, 6.07) is 13.5. The van der Waals surface area contributed by atoms with Gasteiger partial charge >= 0.3 is 0 Å². The standard InChI is InChI=1S/C21H33N2O4PS3.C15H29N2O4PS3.C2H6/c1-16(2)23(17(3)4)28(26-14-10-13-22)27-20-19(29-30-21(20,5)6)15-31(24,25)18-11-8-7-9-12-18;1-11(2)17(12(3)4)22(20-10-8-9-16)21-13-14(25(7,18)19)23-24-15(13,5)6;1-2/h7-9,11-12,16-17,19-20H,10,14-15H2,1-6H3;11-14H,8,10H2,1-7H3;1-2H3. The van der Waals surface area contributed by atoms with E-state index < -0.39 is 47.4 Å². The van der Waals surface area contributed by atoms with Crippen molar-refractivity contribution >= 4 is 79.9 Å². The van der Waals surface area contributed by atoms with E-state index in [1.807, 2.05) is 33.8 Å². The maximum Gasteiger partial charge on any atom is 0.259 e. The van der Waals surface area contributed by atoms with E-state index >= 15 is 0 Å². The van der Waals surface area contributed by atoms with Crippen LogP contribution in [0.3, 0.4) is 0 Å². The van der Waals surface area contributed by atoms with Gasteiger partial charge in [0.15, 0.2) is 19.7 Å². The SMILES string of the molecule is CC.CC(C)N(C(C)C)P(OCCC#N)OC1C(CS(=O)(=O)c2ccccc2)SSC1(C)C.CC(C)N(C(C)C)P(OCCC#N)OC1C(S(C)(=O)=O)SSC1(C)C. The second-order valence-corrected chi connectivity index (χ2v) is 28.9. The molecule has 6 unspecified atom stereocenters. The highest BCUT2D eigenvalue weighted by atomic mass is 33.1. The Hall–Kier alpha value is 0.120. The van der Waals surface area contributed by atoms with E-state index in [-0.39, 0.29) is 70.2 Å². The van der Waals surface area contributed by atoms with Crippen LogP contribution in [0.5, 0.6) is 0 Å². The number of rotatable bonds is 20. The molecule has 2 saturated heterocycles. The van der Waals surface area contributed by atoms with Gasteiger partial charge in [0.2, 0.25) is 0 Å². The number of nitriles is 2. The van der Waals surface area contributed by atoms with Gasteiger partial charge < -0.3 is 18.1 Å². The van der Waals surface area contributed by atoms with Gasteiger partial charge in [-0.05, 0) is 95.2 Å². The Morgan fingerprint density at radius 1 is 0.707 bits per heavy atom. The quantitative estimate of drug-likeness (QED) is 0.0689. The van der Waals surface area contributed by atoms with E-state index in [9.17, 15) is 16.8 Å². The van der Waals surface area contributed by atoms with Crippen LogP contribution < -0.4 is 0 Å². The maximum atomic E-state index is 13.0. The van der Waals surface area contributed by atoms with Crippen molar-refractivity contribution in [2.45, 2.75) is 170 Å². The van der Waals surface area contributed by atoms with E-state index in [4.69, 9.17) is 28.6 Å². The molecule has 0 saturated carbocycles. The van der Waals surface area contributed by atoms with Crippen LogP contribution in [-0.4, -0.2) is 107 Å². The molecule has 58 heavy (non-hydrogen) atoms. The fourth-order valence-corrected chi connectivity index (χ4v) is 21.6. The molecule has 2 aliphatic heterocycles. The Morgan fingerprint density at radius 3 is 1.50 bits per heavy atom. The van der Waals surface area contributed by atoms with Crippen LogP contribution in [-0.2, 0) is 37.8 Å². The fourth-order valence-electron chi connectivity index (χ4n) is 5.83. The average molecular weight is 963 g/mol. The van der Waals surface area contributed by atoms with Crippen molar-refractivity contribution in [3.63, 3.8) is 0 Å². The zero-order valence-corrected chi connectivity index (χ0v) is 43.6. The topological polar surface area (TPSA) is 159 Å². The lowest BCUT2D eigenvalue weighted by molar-refractivity contribution is 0.117. The molecule has 12 nitrogen and oxygen atoms in total. The van der Waals surface area contributed by atoms with Gasteiger partial charge in [0.1, 0.15) is 10.7 Å². The Bertz CT molecular complexity index is 1650. The second-order valence-electron chi connectivity index (χ2n) is 15.5. The number of hydrogen-bond acceptors (Lipinski definition) is 16. The number of sulfone groups is 2. The molecular formula is C38H68N4O8P2S6. The molecule has 2 fully saturated rings. The smallest absolute Gasteiger partial charge is 0.259 e. The Morgan fingerprint density at radius 2 is 1.10 bits per heavy atom. The molecule has 6 atom stereocenters. The molecule has 334 valence electrons. The third-order valence-corrected chi connectivity index (χ3v) is 24.5. The van der Waals surface area contributed by atoms with Crippen molar-refractivity contribution < 1.29 is 34.9 Å². The molecule has 2 aliphatic rings. The first-order valence-corrected chi connectivity index (χ1v) is 29.9. The minimum atomic E-state index is -3.44. The van der Waals surface area contributed by atoms with Crippen LogP contribution in [0.2, 0.25) is 0 Å². The van der Waals surface area contributed by atoms with Crippen molar-refractivity contribution in [3.8, 4) is 12.1 Å². The monoisotopic (exact) mass is 962 g/mol. The Kier molecular flexibility index (Phi) is 25.2. The predicted molar refractivity (Wildman–Crippen MR) is 251 cm³/mol. The molecule has 0 bridgehead atoms. The van der Waals surface area contributed by atoms with Gasteiger partial charge in [-0.15, -0.1) is 0 Å². The highest BCUT2D eigenvalue weighted by Gasteiger charge is 2.52. The zero-order chi connectivity index (χ0) is 44.6. The molecule has 20 heteroatoms. The molecule has 0 spiro atoms. The normalized spacial score (nSPS) is 22.7. The molecule has 2 heterocycles. The molecule has 1 aromatic rings. The van der Waals surface area contributed by atoms with Crippen LogP contribution in [0.25, 0.3) is 0 Å². The number of nitrogens with zero attached hydrogens (tertiary/aromatic N) is 4. The van der Waals surface area contributed by atoms with Crippen molar-refractivity contribution in [1.29, 1.82) is 10.5 Å².